The van der Waals surface area contributed by atoms with Gasteiger partial charge >= 0.3 is 0 Å². The molecular formula is C15H13ClN2OS2. The number of halogens is 1. The summed E-state index contributed by atoms with van der Waals surface area (Å²) in [5.41, 5.74) is 3.83. The highest BCUT2D eigenvalue weighted by Crippen LogP contribution is 2.28. The number of thiazole rings is 1. The molecule has 0 aliphatic rings. The molecular weight excluding hydrogens is 324 g/mol. The Labute approximate surface area is 134 Å². The van der Waals surface area contributed by atoms with Crippen LogP contribution in [0.25, 0.3) is 10.2 Å². The summed E-state index contributed by atoms with van der Waals surface area (Å²) in [7, 11) is -1.29. The van der Waals surface area contributed by atoms with Crippen LogP contribution in [0.2, 0.25) is 4.47 Å². The van der Waals surface area contributed by atoms with Gasteiger partial charge < -0.3 is 4.72 Å². The summed E-state index contributed by atoms with van der Waals surface area (Å²) in [5, 5.41) is 0. The molecule has 6 heteroatoms. The van der Waals surface area contributed by atoms with Crippen molar-refractivity contribution < 1.29 is 4.21 Å². The minimum atomic E-state index is -1.29. The summed E-state index contributed by atoms with van der Waals surface area (Å²) in [6.45, 7) is 4.00. The van der Waals surface area contributed by atoms with Gasteiger partial charge in [-0.15, -0.1) is 11.3 Å². The Kier molecular flexibility index (Phi) is 3.97. The fraction of sp³-hybridized carbons (Fsp3) is 0.133. The zero-order chi connectivity index (χ0) is 15.0. The van der Waals surface area contributed by atoms with Gasteiger partial charge in [-0.1, -0.05) is 23.7 Å². The molecule has 1 unspecified atom stereocenters. The maximum absolute atomic E-state index is 12.5. The third-order valence-corrected chi connectivity index (χ3v) is 5.71. The predicted octanol–water partition coefficient (Wildman–Crippen LogP) is 4.70. The van der Waals surface area contributed by atoms with Crippen LogP contribution in [0.1, 0.15) is 11.1 Å². The van der Waals surface area contributed by atoms with E-state index in [1.165, 1.54) is 11.3 Å². The van der Waals surface area contributed by atoms with E-state index in [4.69, 9.17) is 11.6 Å². The summed E-state index contributed by atoms with van der Waals surface area (Å²) in [4.78, 5) is 5.00. The molecule has 0 aliphatic carbocycles. The van der Waals surface area contributed by atoms with Crippen LogP contribution >= 0.6 is 22.9 Å². The lowest BCUT2D eigenvalue weighted by molar-refractivity contribution is 0.686. The molecule has 3 nitrogen and oxygen atoms in total. The van der Waals surface area contributed by atoms with Crippen LogP contribution in [-0.4, -0.2) is 9.19 Å². The minimum absolute atomic E-state index is 0.512. The average Bonchev–Trinajstić information content (AvgIpc) is 2.81. The maximum Gasteiger partial charge on any atom is 0.184 e. The molecule has 0 bridgehead atoms. The van der Waals surface area contributed by atoms with Gasteiger partial charge in [0.2, 0.25) is 0 Å². The second-order valence-corrected chi connectivity index (χ2v) is 7.51. The smallest absolute Gasteiger partial charge is 0.184 e. The summed E-state index contributed by atoms with van der Waals surface area (Å²) in [5.74, 6) is 0. The molecule has 0 aliphatic heterocycles. The maximum atomic E-state index is 12.5. The lowest BCUT2D eigenvalue weighted by Gasteiger charge is -2.10. The van der Waals surface area contributed by atoms with Crippen molar-refractivity contribution in [2.75, 3.05) is 4.72 Å². The molecule has 1 N–H and O–H groups in total. The average molecular weight is 337 g/mol. The number of rotatable bonds is 3. The number of hydrogen-bond donors (Lipinski definition) is 1. The van der Waals surface area contributed by atoms with Crippen LogP contribution in [0.5, 0.6) is 0 Å². The number of fused-ring (bicyclic) bond motifs is 1. The Morgan fingerprint density at radius 2 is 2.05 bits per heavy atom. The van der Waals surface area contributed by atoms with Gasteiger partial charge in [0, 0.05) is 5.69 Å². The van der Waals surface area contributed by atoms with E-state index in [1.807, 2.05) is 50.2 Å². The second-order valence-electron chi connectivity index (χ2n) is 4.72. The molecule has 0 saturated carbocycles. The van der Waals surface area contributed by atoms with Gasteiger partial charge in [-0.25, -0.2) is 9.19 Å². The van der Waals surface area contributed by atoms with Crippen molar-refractivity contribution in [1.82, 2.24) is 4.98 Å². The van der Waals surface area contributed by atoms with E-state index in [-0.39, 0.29) is 0 Å². The molecule has 0 amide bonds. The Morgan fingerprint density at radius 3 is 2.86 bits per heavy atom. The van der Waals surface area contributed by atoms with Gasteiger partial charge in [-0.3, -0.25) is 0 Å². The number of nitrogens with zero attached hydrogens (tertiary/aromatic N) is 1. The van der Waals surface area contributed by atoms with Crippen LogP contribution < -0.4 is 4.72 Å². The van der Waals surface area contributed by atoms with Gasteiger partial charge in [0.1, 0.15) is 0 Å². The number of hydrogen-bond acceptors (Lipinski definition) is 3. The fourth-order valence-electron chi connectivity index (χ4n) is 2.05. The van der Waals surface area contributed by atoms with Gasteiger partial charge in [0.25, 0.3) is 0 Å². The number of aromatic nitrogens is 1. The van der Waals surface area contributed by atoms with Crippen molar-refractivity contribution in [2.45, 2.75) is 18.7 Å². The highest BCUT2D eigenvalue weighted by molar-refractivity contribution is 7.86. The molecule has 1 atom stereocenters. The van der Waals surface area contributed by atoms with E-state index >= 15 is 0 Å². The number of anilines is 1. The number of aryl methyl sites for hydroxylation is 1. The molecule has 2 aromatic carbocycles. The highest BCUT2D eigenvalue weighted by Gasteiger charge is 2.10. The van der Waals surface area contributed by atoms with E-state index in [9.17, 15) is 4.21 Å². The largest absolute Gasteiger partial charge is 0.301 e. The van der Waals surface area contributed by atoms with Crippen LogP contribution in [0.4, 0.5) is 5.69 Å². The van der Waals surface area contributed by atoms with Crippen molar-refractivity contribution >= 4 is 49.8 Å². The van der Waals surface area contributed by atoms with Gasteiger partial charge in [-0.2, -0.15) is 0 Å². The van der Waals surface area contributed by atoms with E-state index < -0.39 is 11.0 Å². The zero-order valence-electron chi connectivity index (χ0n) is 11.5. The molecule has 1 aromatic heterocycles. The van der Waals surface area contributed by atoms with Crippen molar-refractivity contribution in [3.05, 3.63) is 52.0 Å². The molecule has 21 heavy (non-hydrogen) atoms. The molecule has 108 valence electrons. The minimum Gasteiger partial charge on any atom is -0.301 e. The van der Waals surface area contributed by atoms with E-state index in [0.29, 0.717) is 4.47 Å². The third-order valence-electron chi connectivity index (χ3n) is 3.33. The second kappa shape index (κ2) is 5.75. The first-order valence-corrected chi connectivity index (χ1v) is 8.70. The third kappa shape index (κ3) is 2.95. The Balaban J connectivity index is 1.90. The molecule has 3 aromatic rings. The van der Waals surface area contributed by atoms with Crippen LogP contribution in [0.15, 0.2) is 41.3 Å². The number of nitrogens with one attached hydrogen (secondary N) is 1. The predicted molar refractivity (Wildman–Crippen MR) is 90.6 cm³/mol. The summed E-state index contributed by atoms with van der Waals surface area (Å²) < 4.78 is 17.0. The molecule has 0 fully saturated rings. The summed E-state index contributed by atoms with van der Waals surface area (Å²) >= 11 is 7.31. The lowest BCUT2D eigenvalue weighted by atomic mass is 10.1. The lowest BCUT2D eigenvalue weighted by Crippen LogP contribution is -2.06. The first kappa shape index (κ1) is 14.5. The zero-order valence-corrected chi connectivity index (χ0v) is 13.9. The van der Waals surface area contributed by atoms with Crippen LogP contribution in [-0.2, 0) is 11.0 Å². The molecule has 0 spiro atoms. The quantitative estimate of drug-likeness (QED) is 0.753. The molecule has 3 rings (SSSR count). The van der Waals surface area contributed by atoms with Gasteiger partial charge in [0.15, 0.2) is 15.5 Å². The van der Waals surface area contributed by atoms with Gasteiger partial charge in [0.05, 0.1) is 15.1 Å². The fourth-order valence-corrected chi connectivity index (χ4v) is 4.21. The van der Waals surface area contributed by atoms with Gasteiger partial charge in [-0.05, 0) is 49.2 Å². The SMILES string of the molecule is Cc1cccc(S(=O)Nc2ccc3nc(Cl)sc3c2)c1C. The Hall–Kier alpha value is -1.43. The van der Waals surface area contributed by atoms with Crippen molar-refractivity contribution in [3.63, 3.8) is 0 Å². The molecule has 0 radical (unpaired) electrons. The summed E-state index contributed by atoms with van der Waals surface area (Å²) in [6, 6.07) is 11.5. The van der Waals surface area contributed by atoms with Crippen LogP contribution in [0.3, 0.4) is 0 Å². The van der Waals surface area contributed by atoms with Crippen molar-refractivity contribution in [2.24, 2.45) is 0 Å². The van der Waals surface area contributed by atoms with E-state index in [0.717, 1.165) is 31.9 Å². The molecule has 1 heterocycles. The van der Waals surface area contributed by atoms with E-state index in [2.05, 4.69) is 9.71 Å². The Morgan fingerprint density at radius 1 is 1.24 bits per heavy atom. The highest BCUT2D eigenvalue weighted by atomic mass is 35.5. The normalized spacial score (nSPS) is 12.5. The van der Waals surface area contributed by atoms with E-state index in [1.54, 1.807) is 0 Å². The molecule has 0 saturated heterocycles. The summed E-state index contributed by atoms with van der Waals surface area (Å²) in [6.07, 6.45) is 0. The Bertz CT molecular complexity index is 845. The topological polar surface area (TPSA) is 42.0 Å². The van der Waals surface area contributed by atoms with Crippen molar-refractivity contribution in [1.29, 1.82) is 0 Å². The standard InChI is InChI=1S/C15H13ClN2OS2/c1-9-4-3-5-14(10(9)2)21(19)18-11-6-7-12-13(8-11)20-15(16)17-12/h3-8,18H,1-2H3. The van der Waals surface area contributed by atoms with Crippen molar-refractivity contribution in [3.8, 4) is 0 Å². The van der Waals surface area contributed by atoms with Crippen LogP contribution in [0, 0.1) is 13.8 Å². The monoisotopic (exact) mass is 336 g/mol. The number of benzene rings is 2. The first-order chi connectivity index (χ1) is 10.0. The first-order valence-electron chi connectivity index (χ1n) is 6.35.